The van der Waals surface area contributed by atoms with Crippen molar-refractivity contribution in [1.82, 2.24) is 10.2 Å². The van der Waals surface area contributed by atoms with Gasteiger partial charge in [0, 0.05) is 19.6 Å². The fraction of sp³-hybridized carbons (Fsp3) is 0.381. The molecule has 1 heterocycles. The highest BCUT2D eigenvalue weighted by molar-refractivity contribution is 5.77. The first-order valence-corrected chi connectivity index (χ1v) is 9.16. The second-order valence-corrected chi connectivity index (χ2v) is 6.57. The summed E-state index contributed by atoms with van der Waals surface area (Å²) < 4.78 is 24.3. The molecule has 144 valence electrons. The Labute approximate surface area is 159 Å². The molecule has 3 rings (SSSR count). The zero-order chi connectivity index (χ0) is 19.1. The van der Waals surface area contributed by atoms with Crippen LogP contribution in [0.25, 0.3) is 0 Å². The third-order valence-corrected chi connectivity index (χ3v) is 4.69. The minimum atomic E-state index is -0.268. The van der Waals surface area contributed by atoms with Crippen molar-refractivity contribution < 1.29 is 18.7 Å². The van der Waals surface area contributed by atoms with Gasteiger partial charge in [-0.3, -0.25) is 9.69 Å². The SMILES string of the molecule is Cc1ccccc1OCC(=O)NC[C@H](c1ccc(F)cc1)N1CCOCC1. The number of carbonyl (C=O) groups excluding carboxylic acids is 1. The Kier molecular flexibility index (Phi) is 6.79. The molecule has 2 aromatic carbocycles. The van der Waals surface area contributed by atoms with Crippen molar-refractivity contribution in [3.8, 4) is 5.75 Å². The summed E-state index contributed by atoms with van der Waals surface area (Å²) >= 11 is 0. The number of morpholine rings is 1. The van der Waals surface area contributed by atoms with Crippen molar-refractivity contribution in [3.63, 3.8) is 0 Å². The Morgan fingerprint density at radius 1 is 1.19 bits per heavy atom. The van der Waals surface area contributed by atoms with Crippen molar-refractivity contribution in [3.05, 3.63) is 65.5 Å². The predicted molar refractivity (Wildman–Crippen MR) is 101 cm³/mol. The van der Waals surface area contributed by atoms with Gasteiger partial charge in [-0.2, -0.15) is 0 Å². The van der Waals surface area contributed by atoms with Gasteiger partial charge in [0.1, 0.15) is 11.6 Å². The highest BCUT2D eigenvalue weighted by Crippen LogP contribution is 2.22. The highest BCUT2D eigenvalue weighted by atomic mass is 19.1. The van der Waals surface area contributed by atoms with Gasteiger partial charge >= 0.3 is 0 Å². The Balaban J connectivity index is 1.59. The number of hydrogen-bond acceptors (Lipinski definition) is 4. The first kappa shape index (κ1) is 19.3. The van der Waals surface area contributed by atoms with E-state index >= 15 is 0 Å². The molecule has 5 nitrogen and oxygen atoms in total. The van der Waals surface area contributed by atoms with Gasteiger partial charge in [-0.1, -0.05) is 30.3 Å². The molecule has 0 spiro atoms. The first-order chi connectivity index (χ1) is 13.1. The van der Waals surface area contributed by atoms with Gasteiger partial charge in [0.05, 0.1) is 19.3 Å². The molecule has 27 heavy (non-hydrogen) atoms. The first-order valence-electron chi connectivity index (χ1n) is 9.16. The van der Waals surface area contributed by atoms with E-state index in [0.29, 0.717) is 25.5 Å². The second kappa shape index (κ2) is 9.48. The number of halogens is 1. The normalized spacial score (nSPS) is 15.9. The Morgan fingerprint density at radius 2 is 1.89 bits per heavy atom. The average molecular weight is 372 g/mol. The zero-order valence-corrected chi connectivity index (χ0v) is 15.5. The van der Waals surface area contributed by atoms with Crippen LogP contribution in [0.1, 0.15) is 17.2 Å². The lowest BCUT2D eigenvalue weighted by Gasteiger charge is -2.35. The number of amides is 1. The molecule has 1 aliphatic rings. The van der Waals surface area contributed by atoms with Crippen molar-refractivity contribution >= 4 is 5.91 Å². The average Bonchev–Trinajstić information content (AvgIpc) is 2.69. The molecule has 0 saturated carbocycles. The topological polar surface area (TPSA) is 50.8 Å². The van der Waals surface area contributed by atoms with Crippen molar-refractivity contribution in [2.75, 3.05) is 39.5 Å². The quantitative estimate of drug-likeness (QED) is 0.812. The van der Waals surface area contributed by atoms with Gasteiger partial charge in [0.15, 0.2) is 6.61 Å². The number of carbonyl (C=O) groups is 1. The molecule has 0 bridgehead atoms. The lowest BCUT2D eigenvalue weighted by Crippen LogP contribution is -2.44. The molecule has 1 N–H and O–H groups in total. The molecule has 0 aliphatic carbocycles. The molecular weight excluding hydrogens is 347 g/mol. The van der Waals surface area contributed by atoms with E-state index in [1.54, 1.807) is 12.1 Å². The standard InChI is InChI=1S/C21H25FN2O3/c1-16-4-2-3-5-20(16)27-15-21(25)23-14-19(24-10-12-26-13-11-24)17-6-8-18(22)9-7-17/h2-9,19H,10-15H2,1H3,(H,23,25)/t19-/m1/s1. The molecule has 0 unspecified atom stereocenters. The third kappa shape index (κ3) is 5.52. The van der Waals surface area contributed by atoms with E-state index in [4.69, 9.17) is 9.47 Å². The molecule has 1 aliphatic heterocycles. The number of nitrogens with zero attached hydrogens (tertiary/aromatic N) is 1. The van der Waals surface area contributed by atoms with Crippen LogP contribution in [0.5, 0.6) is 5.75 Å². The summed E-state index contributed by atoms with van der Waals surface area (Å²) in [6.07, 6.45) is 0. The van der Waals surface area contributed by atoms with E-state index in [-0.39, 0.29) is 24.4 Å². The van der Waals surface area contributed by atoms with Gasteiger partial charge in [0.25, 0.3) is 5.91 Å². The maximum atomic E-state index is 13.3. The smallest absolute Gasteiger partial charge is 0.258 e. The Bertz CT molecular complexity index is 745. The highest BCUT2D eigenvalue weighted by Gasteiger charge is 2.23. The van der Waals surface area contributed by atoms with E-state index in [1.165, 1.54) is 12.1 Å². The van der Waals surface area contributed by atoms with Crippen molar-refractivity contribution in [1.29, 1.82) is 0 Å². The Morgan fingerprint density at radius 3 is 2.59 bits per heavy atom. The van der Waals surface area contributed by atoms with E-state index in [9.17, 15) is 9.18 Å². The summed E-state index contributed by atoms with van der Waals surface area (Å²) in [4.78, 5) is 14.5. The van der Waals surface area contributed by atoms with E-state index in [0.717, 1.165) is 24.2 Å². The van der Waals surface area contributed by atoms with Crippen LogP contribution < -0.4 is 10.1 Å². The molecular formula is C21H25FN2O3. The van der Waals surface area contributed by atoms with Crippen molar-refractivity contribution in [2.45, 2.75) is 13.0 Å². The summed E-state index contributed by atoms with van der Waals surface area (Å²) in [5.74, 6) is 0.254. The van der Waals surface area contributed by atoms with E-state index in [1.807, 2.05) is 31.2 Å². The van der Waals surface area contributed by atoms with Gasteiger partial charge < -0.3 is 14.8 Å². The lowest BCUT2D eigenvalue weighted by atomic mass is 10.0. The van der Waals surface area contributed by atoms with Crippen LogP contribution >= 0.6 is 0 Å². The van der Waals surface area contributed by atoms with E-state index in [2.05, 4.69) is 10.2 Å². The van der Waals surface area contributed by atoms with Crippen LogP contribution in [0.2, 0.25) is 0 Å². The van der Waals surface area contributed by atoms with Crippen LogP contribution in [-0.2, 0) is 9.53 Å². The van der Waals surface area contributed by atoms with Crippen LogP contribution in [0.3, 0.4) is 0 Å². The summed E-state index contributed by atoms with van der Waals surface area (Å²) in [7, 11) is 0. The maximum absolute atomic E-state index is 13.3. The molecule has 0 radical (unpaired) electrons. The van der Waals surface area contributed by atoms with Gasteiger partial charge in [0.2, 0.25) is 0 Å². The monoisotopic (exact) mass is 372 g/mol. The van der Waals surface area contributed by atoms with Gasteiger partial charge in [-0.25, -0.2) is 4.39 Å². The van der Waals surface area contributed by atoms with Crippen LogP contribution in [0.15, 0.2) is 48.5 Å². The lowest BCUT2D eigenvalue weighted by molar-refractivity contribution is -0.123. The fourth-order valence-electron chi connectivity index (χ4n) is 3.16. The summed E-state index contributed by atoms with van der Waals surface area (Å²) in [5.41, 5.74) is 1.96. The third-order valence-electron chi connectivity index (χ3n) is 4.69. The second-order valence-electron chi connectivity index (χ2n) is 6.57. The Hall–Kier alpha value is -2.44. The largest absolute Gasteiger partial charge is 0.484 e. The number of rotatable bonds is 7. The number of para-hydroxylation sites is 1. The number of benzene rings is 2. The number of aryl methyl sites for hydroxylation is 1. The summed E-state index contributed by atoms with van der Waals surface area (Å²) in [6, 6.07) is 14.0. The zero-order valence-electron chi connectivity index (χ0n) is 15.5. The molecule has 1 saturated heterocycles. The van der Waals surface area contributed by atoms with Crippen LogP contribution in [-0.4, -0.2) is 50.3 Å². The molecule has 1 fully saturated rings. The van der Waals surface area contributed by atoms with Gasteiger partial charge in [-0.15, -0.1) is 0 Å². The number of nitrogens with one attached hydrogen (secondary N) is 1. The summed E-state index contributed by atoms with van der Waals surface area (Å²) in [5, 5.41) is 2.94. The number of hydrogen-bond donors (Lipinski definition) is 1. The minimum Gasteiger partial charge on any atom is -0.484 e. The molecule has 1 amide bonds. The molecule has 1 atom stereocenters. The molecule has 0 aromatic heterocycles. The van der Waals surface area contributed by atoms with E-state index < -0.39 is 0 Å². The van der Waals surface area contributed by atoms with Crippen LogP contribution in [0.4, 0.5) is 4.39 Å². The molecule has 6 heteroatoms. The molecule has 2 aromatic rings. The minimum absolute atomic E-state index is 0.0306. The van der Waals surface area contributed by atoms with Crippen molar-refractivity contribution in [2.24, 2.45) is 0 Å². The van der Waals surface area contributed by atoms with Gasteiger partial charge in [-0.05, 0) is 36.2 Å². The predicted octanol–water partition coefficient (Wildman–Crippen LogP) is 2.70. The maximum Gasteiger partial charge on any atom is 0.258 e. The fourth-order valence-corrected chi connectivity index (χ4v) is 3.16. The number of ether oxygens (including phenoxy) is 2. The van der Waals surface area contributed by atoms with Crippen LogP contribution in [0, 0.1) is 12.7 Å². The summed E-state index contributed by atoms with van der Waals surface area (Å²) in [6.45, 7) is 5.20.